The lowest BCUT2D eigenvalue weighted by Crippen LogP contribution is -2.36. The van der Waals surface area contributed by atoms with E-state index in [0.29, 0.717) is 24.6 Å². The van der Waals surface area contributed by atoms with Crippen LogP contribution in [0.4, 0.5) is 0 Å². The number of ether oxygens (including phenoxy) is 1. The van der Waals surface area contributed by atoms with Gasteiger partial charge in [0.05, 0.1) is 18.8 Å². The van der Waals surface area contributed by atoms with Crippen molar-refractivity contribution in [2.45, 2.75) is 78.0 Å². The van der Waals surface area contributed by atoms with Gasteiger partial charge in [-0.2, -0.15) is 5.26 Å². The zero-order chi connectivity index (χ0) is 21.7. The highest BCUT2D eigenvalue weighted by Gasteiger charge is 2.40. The van der Waals surface area contributed by atoms with Gasteiger partial charge in [-0.15, -0.1) is 0 Å². The zero-order valence-electron chi connectivity index (χ0n) is 17.7. The van der Waals surface area contributed by atoms with Gasteiger partial charge in [0.25, 0.3) is 5.56 Å². The van der Waals surface area contributed by atoms with Gasteiger partial charge in [-0.3, -0.25) is 19.0 Å². The Morgan fingerprint density at radius 3 is 2.62 bits per heavy atom. The third kappa shape index (κ3) is 5.74. The number of aromatic nitrogens is 2. The molecule has 1 fully saturated rings. The number of hydrogen-bond acceptors (Lipinski definition) is 7. The Labute approximate surface area is 172 Å². The molecular formula is C19H31N4O5P. The van der Waals surface area contributed by atoms with Gasteiger partial charge >= 0.3 is 5.69 Å². The van der Waals surface area contributed by atoms with E-state index in [1.165, 1.54) is 10.8 Å². The normalized spacial score (nSPS) is 23.1. The highest BCUT2D eigenvalue weighted by molar-refractivity contribution is 7.50. The largest absolute Gasteiger partial charge is 0.394 e. The van der Waals surface area contributed by atoms with Crippen molar-refractivity contribution in [1.82, 2.24) is 14.2 Å². The number of H-pyrrole nitrogens is 1. The van der Waals surface area contributed by atoms with Crippen LogP contribution in [0.2, 0.25) is 0 Å². The molecule has 4 atom stereocenters. The standard InChI is InChI=1S/C19H31N4O5P/c1-12(2)23(13(3)4)29(8-6-7-20)28-15-9-17(27-16(15)11-24)22-10-14(5)18(25)21-19(22)26/h10,12-13,15-17,24H,6,8-9,11H2,1-5H3,(H,21,25,26)/t15-,16+,17+,29?/m0/s1. The molecule has 10 heteroatoms. The summed E-state index contributed by atoms with van der Waals surface area (Å²) in [6.45, 7) is 9.72. The number of aliphatic hydroxyl groups is 1. The number of aromatic amines is 1. The van der Waals surface area contributed by atoms with Crippen molar-refractivity contribution in [2.24, 2.45) is 0 Å². The van der Waals surface area contributed by atoms with E-state index in [-0.39, 0.29) is 18.7 Å². The van der Waals surface area contributed by atoms with Gasteiger partial charge < -0.3 is 14.4 Å². The second-order valence-electron chi connectivity index (χ2n) is 7.72. The van der Waals surface area contributed by atoms with E-state index in [1.807, 2.05) is 0 Å². The van der Waals surface area contributed by atoms with Crippen molar-refractivity contribution in [2.75, 3.05) is 12.8 Å². The fourth-order valence-electron chi connectivity index (χ4n) is 3.58. The first kappa shape index (κ1) is 23.7. The van der Waals surface area contributed by atoms with Gasteiger partial charge in [0.1, 0.15) is 20.6 Å². The minimum atomic E-state index is -1.08. The topological polar surface area (TPSA) is 121 Å². The molecule has 1 aliphatic heterocycles. The Balaban J connectivity index is 2.25. The molecular weight excluding hydrogens is 395 g/mol. The molecule has 1 saturated heterocycles. The molecule has 1 aromatic heterocycles. The average Bonchev–Trinajstić information content (AvgIpc) is 3.04. The molecule has 0 saturated carbocycles. The molecule has 1 unspecified atom stereocenters. The summed E-state index contributed by atoms with van der Waals surface area (Å²) in [5.41, 5.74) is -0.582. The van der Waals surface area contributed by atoms with Crippen molar-refractivity contribution in [3.63, 3.8) is 0 Å². The molecule has 0 radical (unpaired) electrons. The average molecular weight is 426 g/mol. The molecule has 0 aliphatic carbocycles. The number of hydrogen-bond donors (Lipinski definition) is 2. The monoisotopic (exact) mass is 426 g/mol. The summed E-state index contributed by atoms with van der Waals surface area (Å²) in [7, 11) is -1.08. The quantitative estimate of drug-likeness (QED) is 0.578. The molecule has 0 bridgehead atoms. The van der Waals surface area contributed by atoms with Crippen molar-refractivity contribution >= 4 is 8.30 Å². The molecule has 1 aliphatic rings. The van der Waals surface area contributed by atoms with E-state index >= 15 is 0 Å². The molecule has 0 spiro atoms. The van der Waals surface area contributed by atoms with Crippen LogP contribution in [0, 0.1) is 18.3 Å². The molecule has 162 valence electrons. The number of aliphatic hydroxyl groups excluding tert-OH is 1. The van der Waals surface area contributed by atoms with Crippen LogP contribution in [0.25, 0.3) is 0 Å². The highest BCUT2D eigenvalue weighted by Crippen LogP contribution is 2.49. The fourth-order valence-corrected chi connectivity index (χ4v) is 5.88. The van der Waals surface area contributed by atoms with Gasteiger partial charge in [0.2, 0.25) is 0 Å². The summed E-state index contributed by atoms with van der Waals surface area (Å²) in [5, 5.41) is 18.9. The van der Waals surface area contributed by atoms with Crippen molar-refractivity contribution in [1.29, 1.82) is 5.26 Å². The summed E-state index contributed by atoms with van der Waals surface area (Å²) in [5.74, 6) is 0. The molecule has 2 N–H and O–H groups in total. The lowest BCUT2D eigenvalue weighted by molar-refractivity contribution is -0.0419. The lowest BCUT2D eigenvalue weighted by atomic mass is 10.2. The summed E-state index contributed by atoms with van der Waals surface area (Å²) < 4.78 is 15.9. The summed E-state index contributed by atoms with van der Waals surface area (Å²) in [4.78, 5) is 26.1. The van der Waals surface area contributed by atoms with Crippen LogP contribution in [0.5, 0.6) is 0 Å². The number of nitriles is 1. The Bertz CT molecular complexity index is 823. The predicted molar refractivity (Wildman–Crippen MR) is 111 cm³/mol. The summed E-state index contributed by atoms with van der Waals surface area (Å²) >= 11 is 0. The fraction of sp³-hybridized carbons (Fsp3) is 0.737. The molecule has 9 nitrogen and oxygen atoms in total. The van der Waals surface area contributed by atoms with Crippen molar-refractivity contribution in [3.05, 3.63) is 32.6 Å². The van der Waals surface area contributed by atoms with E-state index in [0.717, 1.165) is 0 Å². The smallest absolute Gasteiger partial charge is 0.330 e. The number of nitrogens with zero attached hydrogens (tertiary/aromatic N) is 3. The van der Waals surface area contributed by atoms with Gasteiger partial charge in [0.15, 0.2) is 0 Å². The Morgan fingerprint density at radius 2 is 2.07 bits per heavy atom. The van der Waals surface area contributed by atoms with Crippen LogP contribution in [0.1, 0.15) is 52.3 Å². The maximum absolute atomic E-state index is 12.2. The van der Waals surface area contributed by atoms with Crippen LogP contribution in [0.3, 0.4) is 0 Å². The number of rotatable bonds is 9. The number of aryl methyl sites for hydroxylation is 1. The first-order valence-electron chi connectivity index (χ1n) is 9.87. The van der Waals surface area contributed by atoms with Gasteiger partial charge in [0, 0.05) is 42.8 Å². The van der Waals surface area contributed by atoms with Gasteiger partial charge in [-0.1, -0.05) is 0 Å². The zero-order valence-corrected chi connectivity index (χ0v) is 18.6. The molecule has 0 amide bonds. The Kier molecular flexibility index (Phi) is 8.56. The Hall–Kier alpha value is -1.56. The predicted octanol–water partition coefficient (Wildman–Crippen LogP) is 1.85. The van der Waals surface area contributed by atoms with Crippen LogP contribution in [-0.4, -0.2) is 56.4 Å². The second-order valence-corrected chi connectivity index (χ2v) is 9.55. The highest BCUT2D eigenvalue weighted by atomic mass is 31.2. The third-order valence-corrected chi connectivity index (χ3v) is 7.36. The first-order chi connectivity index (χ1) is 13.7. The van der Waals surface area contributed by atoms with Gasteiger partial charge in [-0.25, -0.2) is 4.79 Å². The molecule has 29 heavy (non-hydrogen) atoms. The lowest BCUT2D eigenvalue weighted by Gasteiger charge is -2.38. The van der Waals surface area contributed by atoms with Crippen molar-refractivity contribution < 1.29 is 14.4 Å². The summed E-state index contributed by atoms with van der Waals surface area (Å²) in [6, 6.07) is 2.65. The maximum atomic E-state index is 12.2. The molecule has 0 aromatic carbocycles. The molecule has 1 aromatic rings. The van der Waals surface area contributed by atoms with Crippen molar-refractivity contribution in [3.8, 4) is 6.07 Å². The van der Waals surface area contributed by atoms with E-state index < -0.39 is 38.0 Å². The van der Waals surface area contributed by atoms with Crippen LogP contribution < -0.4 is 11.2 Å². The van der Waals surface area contributed by atoms with E-state index in [2.05, 4.69) is 43.4 Å². The van der Waals surface area contributed by atoms with E-state index in [9.17, 15) is 14.7 Å². The molecule has 2 rings (SSSR count). The van der Waals surface area contributed by atoms with Crippen LogP contribution >= 0.6 is 8.30 Å². The van der Waals surface area contributed by atoms with Crippen LogP contribution in [0.15, 0.2) is 15.8 Å². The molecule has 2 heterocycles. The minimum Gasteiger partial charge on any atom is -0.394 e. The minimum absolute atomic E-state index is 0.231. The summed E-state index contributed by atoms with van der Waals surface area (Å²) in [6.07, 6.45) is 1.16. The van der Waals surface area contributed by atoms with Gasteiger partial charge in [-0.05, 0) is 34.6 Å². The van der Waals surface area contributed by atoms with Crippen LogP contribution in [-0.2, 0) is 9.26 Å². The second kappa shape index (κ2) is 10.5. The third-order valence-electron chi connectivity index (χ3n) is 4.80. The van der Waals surface area contributed by atoms with E-state index in [4.69, 9.17) is 14.5 Å². The maximum Gasteiger partial charge on any atom is 0.330 e. The number of nitrogens with one attached hydrogen (secondary N) is 1. The first-order valence-corrected chi connectivity index (χ1v) is 11.3. The SMILES string of the molecule is Cc1cn([C@H]2C[C@H](OP(CCC#N)N(C(C)C)C(C)C)[C@@H](CO)O2)c(=O)[nH]c1=O. The van der Waals surface area contributed by atoms with E-state index in [1.54, 1.807) is 6.92 Å². The Morgan fingerprint density at radius 1 is 1.41 bits per heavy atom.